The quantitative estimate of drug-likeness (QED) is 0.428. The molecule has 0 aromatic carbocycles. The molecular weight excluding hydrogens is 203 g/mol. The summed E-state index contributed by atoms with van der Waals surface area (Å²) in [5, 5.41) is 3.19. The number of rotatable bonds is 0. The van der Waals surface area contributed by atoms with E-state index in [1.807, 2.05) is 0 Å². The summed E-state index contributed by atoms with van der Waals surface area (Å²) in [4.78, 5) is 0. The van der Waals surface area contributed by atoms with E-state index in [0.29, 0.717) is 9.97 Å². The van der Waals surface area contributed by atoms with Gasteiger partial charge in [-0.1, -0.05) is 22.6 Å². The van der Waals surface area contributed by atoms with Crippen molar-refractivity contribution in [3.63, 3.8) is 0 Å². The molecule has 0 aliphatic carbocycles. The van der Waals surface area contributed by atoms with Gasteiger partial charge < -0.3 is 11.1 Å². The van der Waals surface area contributed by atoms with Gasteiger partial charge in [0, 0.05) is 23.1 Å². The van der Waals surface area contributed by atoms with Crippen molar-refractivity contribution in [2.45, 2.75) is 9.97 Å². The lowest BCUT2D eigenvalue weighted by Gasteiger charge is -2.01. The van der Waals surface area contributed by atoms with Crippen LogP contribution in [0.5, 0.6) is 0 Å². The normalized spacial score (nSPS) is 42.0. The fourth-order valence-electron chi connectivity index (χ4n) is 0.667. The van der Waals surface area contributed by atoms with Crippen LogP contribution in [0.3, 0.4) is 0 Å². The van der Waals surface area contributed by atoms with Gasteiger partial charge in [-0.3, -0.25) is 0 Å². The van der Waals surface area contributed by atoms with E-state index in [4.69, 9.17) is 5.73 Å². The second-order valence-electron chi connectivity index (χ2n) is 1.84. The summed E-state index contributed by atoms with van der Waals surface area (Å²) in [6.07, 6.45) is 0. The van der Waals surface area contributed by atoms with Crippen LogP contribution >= 0.6 is 22.6 Å². The smallest absolute Gasteiger partial charge is 0.0398 e. The molecule has 0 radical (unpaired) electrons. The number of halogens is 1. The molecular formula is C4H9IN2. The molecule has 1 aliphatic rings. The molecule has 7 heavy (non-hydrogen) atoms. The molecule has 0 bridgehead atoms. The van der Waals surface area contributed by atoms with Crippen molar-refractivity contribution in [3.05, 3.63) is 0 Å². The first kappa shape index (κ1) is 5.78. The van der Waals surface area contributed by atoms with Crippen LogP contribution in [-0.2, 0) is 0 Å². The molecule has 2 atom stereocenters. The maximum absolute atomic E-state index is 5.61. The van der Waals surface area contributed by atoms with Crippen LogP contribution in [-0.4, -0.2) is 23.1 Å². The van der Waals surface area contributed by atoms with Crippen LogP contribution in [0.25, 0.3) is 0 Å². The summed E-state index contributed by atoms with van der Waals surface area (Å²) < 4.78 is 0.651. The molecule has 0 amide bonds. The summed E-state index contributed by atoms with van der Waals surface area (Å²) >= 11 is 2.37. The molecule has 3 N–H and O–H groups in total. The maximum atomic E-state index is 5.61. The van der Waals surface area contributed by atoms with Crippen molar-refractivity contribution in [2.75, 3.05) is 13.1 Å². The van der Waals surface area contributed by atoms with Crippen molar-refractivity contribution in [2.24, 2.45) is 5.73 Å². The largest absolute Gasteiger partial charge is 0.326 e. The fourth-order valence-corrected chi connectivity index (χ4v) is 1.23. The molecule has 3 heteroatoms. The molecule has 42 valence electrons. The highest BCUT2D eigenvalue weighted by Crippen LogP contribution is 2.06. The minimum absolute atomic E-state index is 0.389. The summed E-state index contributed by atoms with van der Waals surface area (Å²) in [6, 6.07) is 0.389. The maximum Gasteiger partial charge on any atom is 0.0398 e. The average molecular weight is 212 g/mol. The van der Waals surface area contributed by atoms with Gasteiger partial charge in [0.15, 0.2) is 0 Å². The van der Waals surface area contributed by atoms with Gasteiger partial charge in [0.25, 0.3) is 0 Å². The molecule has 0 aromatic heterocycles. The topological polar surface area (TPSA) is 38.0 Å². The predicted octanol–water partition coefficient (Wildman–Crippen LogP) is -0.280. The number of nitrogens with one attached hydrogen (secondary N) is 1. The van der Waals surface area contributed by atoms with Gasteiger partial charge >= 0.3 is 0 Å². The van der Waals surface area contributed by atoms with Crippen molar-refractivity contribution >= 4 is 22.6 Å². The van der Waals surface area contributed by atoms with E-state index in [1.165, 1.54) is 0 Å². The van der Waals surface area contributed by atoms with Gasteiger partial charge in [-0.05, 0) is 0 Å². The van der Waals surface area contributed by atoms with E-state index in [1.54, 1.807) is 0 Å². The molecule has 2 unspecified atom stereocenters. The summed E-state index contributed by atoms with van der Waals surface area (Å²) in [5.74, 6) is 0. The monoisotopic (exact) mass is 212 g/mol. The Balaban J connectivity index is 2.33. The number of alkyl halides is 1. The van der Waals surface area contributed by atoms with Crippen LogP contribution in [0, 0.1) is 0 Å². The van der Waals surface area contributed by atoms with Gasteiger partial charge in [-0.25, -0.2) is 0 Å². The SMILES string of the molecule is NC1CNCC1I. The van der Waals surface area contributed by atoms with E-state index in [-0.39, 0.29) is 0 Å². The van der Waals surface area contributed by atoms with Crippen molar-refractivity contribution in [1.29, 1.82) is 0 Å². The highest BCUT2D eigenvalue weighted by molar-refractivity contribution is 14.1. The molecule has 0 saturated carbocycles. The van der Waals surface area contributed by atoms with E-state index in [9.17, 15) is 0 Å². The third-order valence-electron chi connectivity index (χ3n) is 1.18. The molecule has 0 aromatic rings. The Morgan fingerprint density at radius 3 is 2.43 bits per heavy atom. The van der Waals surface area contributed by atoms with E-state index < -0.39 is 0 Å². The lowest BCUT2D eigenvalue weighted by atomic mass is 10.3. The Labute approximate surface area is 57.0 Å². The highest BCUT2D eigenvalue weighted by atomic mass is 127. The predicted molar refractivity (Wildman–Crippen MR) is 38.7 cm³/mol. The standard InChI is InChI=1S/C4H9IN2/c5-3-1-7-2-4(3)6/h3-4,7H,1-2,6H2. The van der Waals surface area contributed by atoms with Gasteiger partial charge in [-0.15, -0.1) is 0 Å². The van der Waals surface area contributed by atoms with Crippen LogP contribution in [0.2, 0.25) is 0 Å². The van der Waals surface area contributed by atoms with Gasteiger partial charge in [-0.2, -0.15) is 0 Å². The van der Waals surface area contributed by atoms with Gasteiger partial charge in [0.05, 0.1) is 0 Å². The van der Waals surface area contributed by atoms with E-state index >= 15 is 0 Å². The van der Waals surface area contributed by atoms with Crippen molar-refractivity contribution in [1.82, 2.24) is 5.32 Å². The zero-order chi connectivity index (χ0) is 5.28. The average Bonchev–Trinajstić information content (AvgIpc) is 1.91. The zero-order valence-corrected chi connectivity index (χ0v) is 6.18. The molecule has 1 aliphatic heterocycles. The van der Waals surface area contributed by atoms with E-state index in [2.05, 4.69) is 27.9 Å². The summed E-state index contributed by atoms with van der Waals surface area (Å²) in [5.41, 5.74) is 5.61. The summed E-state index contributed by atoms with van der Waals surface area (Å²) in [6.45, 7) is 2.08. The second kappa shape index (κ2) is 2.28. The Morgan fingerprint density at radius 2 is 2.29 bits per heavy atom. The van der Waals surface area contributed by atoms with Crippen molar-refractivity contribution in [3.8, 4) is 0 Å². The zero-order valence-electron chi connectivity index (χ0n) is 4.02. The van der Waals surface area contributed by atoms with Gasteiger partial charge in [0.1, 0.15) is 0 Å². The van der Waals surface area contributed by atoms with Crippen LogP contribution in [0.4, 0.5) is 0 Å². The molecule has 2 nitrogen and oxygen atoms in total. The van der Waals surface area contributed by atoms with E-state index in [0.717, 1.165) is 13.1 Å². The Morgan fingerprint density at radius 1 is 1.57 bits per heavy atom. The lowest BCUT2D eigenvalue weighted by molar-refractivity contribution is 0.760. The van der Waals surface area contributed by atoms with Gasteiger partial charge in [0.2, 0.25) is 0 Å². The Hall–Kier alpha value is 0.650. The molecule has 1 rings (SSSR count). The first-order valence-electron chi connectivity index (χ1n) is 2.41. The Kier molecular flexibility index (Phi) is 1.88. The first-order valence-corrected chi connectivity index (χ1v) is 3.65. The third-order valence-corrected chi connectivity index (χ3v) is 2.55. The summed E-state index contributed by atoms with van der Waals surface area (Å²) in [7, 11) is 0. The first-order chi connectivity index (χ1) is 3.30. The molecule has 1 heterocycles. The molecule has 1 fully saturated rings. The van der Waals surface area contributed by atoms with Crippen LogP contribution < -0.4 is 11.1 Å². The third kappa shape index (κ3) is 1.27. The number of hydrogen-bond acceptors (Lipinski definition) is 2. The molecule has 1 saturated heterocycles. The number of hydrogen-bond donors (Lipinski definition) is 2. The lowest BCUT2D eigenvalue weighted by Crippen LogP contribution is -2.28. The molecule has 0 spiro atoms. The number of nitrogens with two attached hydrogens (primary N) is 1. The second-order valence-corrected chi connectivity index (χ2v) is 3.44. The highest BCUT2D eigenvalue weighted by Gasteiger charge is 2.19. The Bertz CT molecular complexity index is 58.7. The van der Waals surface area contributed by atoms with Crippen LogP contribution in [0.1, 0.15) is 0 Å². The minimum atomic E-state index is 0.389. The van der Waals surface area contributed by atoms with Crippen molar-refractivity contribution < 1.29 is 0 Å². The van der Waals surface area contributed by atoms with Crippen LogP contribution in [0.15, 0.2) is 0 Å². The minimum Gasteiger partial charge on any atom is -0.326 e. The fraction of sp³-hybridized carbons (Fsp3) is 1.00.